The molecule has 3 heterocycles. The van der Waals surface area contributed by atoms with E-state index in [1.54, 1.807) is 6.07 Å². The van der Waals surface area contributed by atoms with Crippen LogP contribution in [0.5, 0.6) is 0 Å². The number of tetrazole rings is 1. The minimum absolute atomic E-state index is 0.0417. The van der Waals surface area contributed by atoms with Crippen LogP contribution in [-0.2, 0) is 17.6 Å². The monoisotopic (exact) mass is 691 g/mol. The van der Waals surface area contributed by atoms with Crippen LogP contribution in [0.4, 0.5) is 42.1 Å². The lowest BCUT2D eigenvalue weighted by Crippen LogP contribution is -2.76. The van der Waals surface area contributed by atoms with Crippen LogP contribution < -0.4 is 9.80 Å². The first-order valence-corrected chi connectivity index (χ1v) is 15.7. The van der Waals surface area contributed by atoms with E-state index >= 15 is 8.78 Å². The molecule has 1 saturated heterocycles. The third-order valence-corrected chi connectivity index (χ3v) is 10.4. The van der Waals surface area contributed by atoms with Crippen LogP contribution in [0.3, 0.4) is 0 Å². The fourth-order valence-corrected chi connectivity index (χ4v) is 7.89. The van der Waals surface area contributed by atoms with Crippen molar-refractivity contribution in [2.24, 2.45) is 5.41 Å². The summed E-state index contributed by atoms with van der Waals surface area (Å²) in [5.74, 6) is -6.06. The van der Waals surface area contributed by atoms with Crippen molar-refractivity contribution in [2.75, 3.05) is 36.0 Å². The molecule has 2 bridgehead atoms. The maximum Gasteiger partial charge on any atom is 0.391 e. The quantitative estimate of drug-likeness (QED) is 0.216. The number of aliphatic hydroxyl groups excluding tert-OH is 1. The summed E-state index contributed by atoms with van der Waals surface area (Å²) in [7, 11) is 0. The maximum absolute atomic E-state index is 16.5. The largest absolute Gasteiger partial charge is 0.391 e. The van der Waals surface area contributed by atoms with Gasteiger partial charge in [0.05, 0.1) is 30.5 Å². The summed E-state index contributed by atoms with van der Waals surface area (Å²) >= 11 is 0. The van der Waals surface area contributed by atoms with Gasteiger partial charge in [-0.05, 0) is 77.1 Å². The second-order valence-electron chi connectivity index (χ2n) is 13.5. The molecule has 49 heavy (non-hydrogen) atoms. The number of hydrogen-bond acceptors (Lipinski definition) is 8. The van der Waals surface area contributed by atoms with Crippen molar-refractivity contribution in [3.05, 3.63) is 95.6 Å². The average molecular weight is 692 g/mol. The van der Waals surface area contributed by atoms with Gasteiger partial charge in [-0.15, -0.1) is 5.10 Å². The Morgan fingerprint density at radius 2 is 1.47 bits per heavy atom. The Labute approximate surface area is 276 Å². The summed E-state index contributed by atoms with van der Waals surface area (Å²) in [4.78, 5) is 8.26. The Hall–Kier alpha value is -4.31. The van der Waals surface area contributed by atoms with Gasteiger partial charge < -0.3 is 20.0 Å². The van der Waals surface area contributed by atoms with Crippen LogP contribution in [0.25, 0.3) is 0 Å². The zero-order chi connectivity index (χ0) is 34.8. The van der Waals surface area contributed by atoms with E-state index in [1.165, 1.54) is 12.3 Å². The molecular formula is C33H32F7N7O2. The van der Waals surface area contributed by atoms with E-state index in [2.05, 4.69) is 30.3 Å². The molecule has 0 radical (unpaired) electrons. The van der Waals surface area contributed by atoms with Crippen molar-refractivity contribution in [1.29, 1.82) is 0 Å². The summed E-state index contributed by atoms with van der Waals surface area (Å²) in [6, 6.07) is 12.9. The molecule has 260 valence electrons. The zero-order valence-corrected chi connectivity index (χ0v) is 26.0. The van der Waals surface area contributed by atoms with E-state index in [-0.39, 0.29) is 25.0 Å². The number of anilines is 2. The average Bonchev–Trinajstić information content (AvgIpc) is 3.52. The van der Waals surface area contributed by atoms with Gasteiger partial charge in [0.1, 0.15) is 24.1 Å². The van der Waals surface area contributed by atoms with Gasteiger partial charge >= 0.3 is 6.18 Å². The topological polar surface area (TPSA) is 103 Å². The number of hydrogen-bond donors (Lipinski definition) is 2. The molecular weight excluding hydrogens is 659 g/mol. The Balaban J connectivity index is 0.994. The Bertz CT molecular complexity index is 1780. The van der Waals surface area contributed by atoms with Crippen LogP contribution in [0, 0.1) is 17.0 Å². The normalized spacial score (nSPS) is 24.2. The molecule has 0 unspecified atom stereocenters. The molecule has 0 spiro atoms. The lowest BCUT2D eigenvalue weighted by Gasteiger charge is -2.74. The number of aromatic nitrogens is 5. The number of aliphatic hydroxyl groups is 2. The number of rotatable bonds is 10. The molecule has 2 atom stereocenters. The minimum atomic E-state index is -4.50. The first kappa shape index (κ1) is 33.2. The number of benzene rings is 2. The molecule has 4 fully saturated rings. The van der Waals surface area contributed by atoms with Crippen molar-refractivity contribution in [2.45, 2.75) is 61.4 Å². The minimum Gasteiger partial charge on any atom is -0.386 e. The summed E-state index contributed by atoms with van der Waals surface area (Å²) in [5, 5.41) is 31.9. The van der Waals surface area contributed by atoms with Crippen LogP contribution in [0.2, 0.25) is 0 Å². The molecule has 3 saturated carbocycles. The molecule has 4 aliphatic rings. The smallest absolute Gasteiger partial charge is 0.386 e. The Morgan fingerprint density at radius 3 is 2.02 bits per heavy atom. The summed E-state index contributed by atoms with van der Waals surface area (Å²) in [6.07, 6.45) is -4.86. The number of alkyl halides is 5. The summed E-state index contributed by atoms with van der Waals surface area (Å²) in [6.45, 7) is 1.71. The molecule has 0 amide bonds. The van der Waals surface area contributed by atoms with Crippen molar-refractivity contribution in [3.8, 4) is 0 Å². The third kappa shape index (κ3) is 5.67. The fourth-order valence-electron chi connectivity index (χ4n) is 7.89. The lowest BCUT2D eigenvalue weighted by molar-refractivity contribution is -0.347. The highest BCUT2D eigenvalue weighted by molar-refractivity contribution is 5.54. The van der Waals surface area contributed by atoms with Crippen LogP contribution in [0.1, 0.15) is 48.6 Å². The van der Waals surface area contributed by atoms with Crippen molar-refractivity contribution >= 4 is 11.4 Å². The van der Waals surface area contributed by atoms with Gasteiger partial charge in [0.25, 0.3) is 5.92 Å². The zero-order valence-electron chi connectivity index (χ0n) is 26.0. The van der Waals surface area contributed by atoms with E-state index < -0.39 is 64.8 Å². The molecule has 1 aliphatic heterocycles. The van der Waals surface area contributed by atoms with Crippen LogP contribution >= 0.6 is 0 Å². The Morgan fingerprint density at radius 1 is 0.837 bits per heavy atom. The molecule has 2 aromatic carbocycles. The number of nitrogens with zero attached hydrogens (tertiary/aromatic N) is 7. The fraction of sp³-hybridized carbons (Fsp3) is 0.455. The van der Waals surface area contributed by atoms with Gasteiger partial charge in [-0.25, -0.2) is 22.2 Å². The molecule has 2 N–H and O–H groups in total. The van der Waals surface area contributed by atoms with E-state index in [1.807, 2.05) is 24.3 Å². The van der Waals surface area contributed by atoms with Crippen molar-refractivity contribution in [1.82, 2.24) is 25.2 Å². The SMILES string of the molecule is O[C@@H](CC(F)(F)F)c1ccc(N2CCN(c3ccc(C45CC(C(F)(F)[C@](O)(Cn6cnnn6)c6ccc(F)cc6F)(C4)C5)cc3)CC2)cn1. The molecule has 9 nitrogen and oxygen atoms in total. The van der Waals surface area contributed by atoms with Crippen LogP contribution in [-0.4, -0.2) is 73.7 Å². The van der Waals surface area contributed by atoms with E-state index in [0.717, 1.165) is 40.1 Å². The summed E-state index contributed by atoms with van der Waals surface area (Å²) in [5.41, 5.74) is -3.36. The summed E-state index contributed by atoms with van der Waals surface area (Å²) < 4.78 is 100. The van der Waals surface area contributed by atoms with Crippen molar-refractivity contribution in [3.63, 3.8) is 0 Å². The van der Waals surface area contributed by atoms with Gasteiger partial charge in [0.2, 0.25) is 0 Å². The second kappa shape index (κ2) is 11.6. The predicted octanol–water partition coefficient (Wildman–Crippen LogP) is 5.30. The Kier molecular flexibility index (Phi) is 7.89. The number of halogens is 7. The molecule has 3 aliphatic carbocycles. The van der Waals surface area contributed by atoms with E-state index in [4.69, 9.17) is 0 Å². The number of pyridine rings is 1. The van der Waals surface area contributed by atoms with Gasteiger partial charge in [0, 0.05) is 48.9 Å². The van der Waals surface area contributed by atoms with Gasteiger partial charge in [-0.2, -0.15) is 13.2 Å². The molecule has 16 heteroatoms. The van der Waals surface area contributed by atoms with Gasteiger partial charge in [-0.1, -0.05) is 12.1 Å². The predicted molar refractivity (Wildman–Crippen MR) is 162 cm³/mol. The van der Waals surface area contributed by atoms with Crippen LogP contribution in [0.15, 0.2) is 67.1 Å². The highest BCUT2D eigenvalue weighted by Gasteiger charge is 2.82. The molecule has 4 aromatic rings. The van der Waals surface area contributed by atoms with Crippen molar-refractivity contribution < 1.29 is 40.9 Å². The van der Waals surface area contributed by atoms with E-state index in [9.17, 15) is 32.2 Å². The van der Waals surface area contributed by atoms with E-state index in [0.29, 0.717) is 32.2 Å². The lowest BCUT2D eigenvalue weighted by atomic mass is 9.30. The molecule has 8 rings (SSSR count). The van der Waals surface area contributed by atoms with Gasteiger partial charge in [-0.3, -0.25) is 4.98 Å². The highest BCUT2D eigenvalue weighted by atomic mass is 19.4. The first-order chi connectivity index (χ1) is 23.1. The maximum atomic E-state index is 16.5. The highest BCUT2D eigenvalue weighted by Crippen LogP contribution is 2.80. The van der Waals surface area contributed by atoms with Gasteiger partial charge in [0.15, 0.2) is 5.60 Å². The standard InChI is InChI=1S/C33H32F7N7O2/c34-22-3-7-25(26(35)13-22)31(49,19-47-20-42-43-44-47)33(39,40)30-16-29(17-30,18-30)21-1-4-23(5-2-21)45-9-11-46(12-10-45)24-6-8-27(41-15-24)28(48)14-32(36,37)38/h1-8,13,15,20,28,48-49H,9-12,14,16-19H2/t28-,29?,30?,31-/m0/s1. The first-order valence-electron chi connectivity index (χ1n) is 15.7. The number of piperazine rings is 1. The third-order valence-electron chi connectivity index (χ3n) is 10.4. The molecule has 2 aromatic heterocycles. The second-order valence-corrected chi connectivity index (χ2v) is 13.5.